The molecule has 0 aliphatic carbocycles. The summed E-state index contributed by atoms with van der Waals surface area (Å²) in [6.07, 6.45) is -0.736. The van der Waals surface area contributed by atoms with Crippen LogP contribution in [0.15, 0.2) is 0 Å². The second-order valence-electron chi connectivity index (χ2n) is 5.94. The fourth-order valence-electron chi connectivity index (χ4n) is 2.25. The summed E-state index contributed by atoms with van der Waals surface area (Å²) in [6, 6.07) is 0. The molecule has 10 heteroatoms. The summed E-state index contributed by atoms with van der Waals surface area (Å²) in [5.74, 6) is 0. The average molecular weight is 391 g/mol. The van der Waals surface area contributed by atoms with Crippen molar-refractivity contribution in [1.29, 1.82) is 0 Å². The fraction of sp³-hybridized carbons (Fsp3) is 1.00. The summed E-state index contributed by atoms with van der Waals surface area (Å²) >= 11 is 0. The molecule has 0 aliphatic rings. The Hall–Kier alpha value is -0.260. The van der Waals surface area contributed by atoms with Crippen LogP contribution in [0.5, 0.6) is 0 Å². The molecule has 4 atom stereocenters. The van der Waals surface area contributed by atoms with Crippen molar-refractivity contribution in [1.82, 2.24) is 0 Å². The van der Waals surface area contributed by atoms with Crippen LogP contribution >= 0.6 is 0 Å². The van der Waals surface area contributed by atoms with E-state index in [1.54, 1.807) is 0 Å². The molecule has 0 aromatic carbocycles. The molecule has 0 spiro atoms. The van der Waals surface area contributed by atoms with Crippen LogP contribution in [0, 0.1) is 0 Å². The molecule has 0 rings (SSSR count). The molecule has 0 amide bonds. The monoisotopic (exact) mass is 390 g/mol. The van der Waals surface area contributed by atoms with Crippen LogP contribution in [0.2, 0.25) is 0 Å². The lowest BCUT2D eigenvalue weighted by molar-refractivity contribution is -0.0920. The Morgan fingerprint density at radius 1 is 0.750 bits per heavy atom. The van der Waals surface area contributed by atoms with Crippen LogP contribution in [-0.4, -0.2) is 64.0 Å². The first-order valence-corrected chi connectivity index (χ1v) is 11.7. The molecular weight excluding hydrogens is 360 g/mol. The van der Waals surface area contributed by atoms with Gasteiger partial charge >= 0.3 is 0 Å². The van der Waals surface area contributed by atoms with Crippen LogP contribution in [0.4, 0.5) is 0 Å². The van der Waals surface area contributed by atoms with E-state index >= 15 is 0 Å². The highest BCUT2D eigenvalue weighted by molar-refractivity contribution is 7.86. The quantitative estimate of drug-likeness (QED) is 0.442. The lowest BCUT2D eigenvalue weighted by Gasteiger charge is -2.30. The number of aliphatic hydroxyl groups is 2. The van der Waals surface area contributed by atoms with Gasteiger partial charge in [-0.15, -0.1) is 0 Å². The Morgan fingerprint density at radius 2 is 1.04 bits per heavy atom. The van der Waals surface area contributed by atoms with Crippen molar-refractivity contribution in [3.8, 4) is 0 Å². The summed E-state index contributed by atoms with van der Waals surface area (Å²) in [7, 11) is -7.68. The van der Waals surface area contributed by atoms with Gasteiger partial charge in [0, 0.05) is 0 Å². The van der Waals surface area contributed by atoms with Crippen molar-refractivity contribution in [2.24, 2.45) is 0 Å². The van der Waals surface area contributed by atoms with Crippen molar-refractivity contribution < 1.29 is 35.4 Å². The first-order valence-electron chi connectivity index (χ1n) is 8.04. The van der Waals surface area contributed by atoms with Crippen LogP contribution in [0.3, 0.4) is 0 Å². The predicted octanol–water partition coefficient (Wildman–Crippen LogP) is 0.778. The summed E-state index contributed by atoms with van der Waals surface area (Å²) in [5.41, 5.74) is 0. The Morgan fingerprint density at radius 3 is 1.25 bits per heavy atom. The highest BCUT2D eigenvalue weighted by Gasteiger charge is 2.36. The second-order valence-corrected chi connectivity index (χ2v) is 9.14. The smallest absolute Gasteiger partial charge is 0.264 e. The maximum absolute atomic E-state index is 11.4. The van der Waals surface area contributed by atoms with Gasteiger partial charge in [-0.3, -0.25) is 8.37 Å². The van der Waals surface area contributed by atoms with Gasteiger partial charge in [0.15, 0.2) is 0 Å². The van der Waals surface area contributed by atoms with E-state index in [9.17, 15) is 27.0 Å². The highest BCUT2D eigenvalue weighted by Crippen LogP contribution is 2.21. The molecule has 0 saturated heterocycles. The average Bonchev–Trinajstić information content (AvgIpc) is 2.44. The number of aliphatic hydroxyl groups excluding tert-OH is 2. The molecule has 0 aromatic rings. The molecule has 0 fully saturated rings. The van der Waals surface area contributed by atoms with Gasteiger partial charge in [0.05, 0.1) is 12.5 Å². The summed E-state index contributed by atoms with van der Waals surface area (Å²) in [6.45, 7) is 3.77. The topological polar surface area (TPSA) is 127 Å². The van der Waals surface area contributed by atoms with E-state index in [2.05, 4.69) is 0 Å². The molecule has 0 aromatic heterocycles. The largest absolute Gasteiger partial charge is 0.388 e. The van der Waals surface area contributed by atoms with Gasteiger partial charge in [-0.2, -0.15) is 16.8 Å². The van der Waals surface area contributed by atoms with Crippen molar-refractivity contribution in [3.05, 3.63) is 0 Å². The Kier molecular flexibility index (Phi) is 10.6. The number of hydrogen-bond acceptors (Lipinski definition) is 8. The van der Waals surface area contributed by atoms with Crippen LogP contribution < -0.4 is 0 Å². The van der Waals surface area contributed by atoms with E-state index in [4.69, 9.17) is 8.37 Å². The van der Waals surface area contributed by atoms with Gasteiger partial charge in [0.2, 0.25) is 0 Å². The van der Waals surface area contributed by atoms with Gasteiger partial charge in [0.1, 0.15) is 24.4 Å². The molecule has 0 aliphatic heterocycles. The maximum atomic E-state index is 11.4. The summed E-state index contributed by atoms with van der Waals surface area (Å²) < 4.78 is 55.2. The van der Waals surface area contributed by atoms with Gasteiger partial charge in [0.25, 0.3) is 20.2 Å². The van der Waals surface area contributed by atoms with Crippen LogP contribution in [0.25, 0.3) is 0 Å². The number of rotatable bonds is 13. The van der Waals surface area contributed by atoms with E-state index in [-0.39, 0.29) is 12.8 Å². The Labute approximate surface area is 145 Å². The fourth-order valence-corrected chi connectivity index (χ4v) is 3.57. The van der Waals surface area contributed by atoms with Crippen molar-refractivity contribution >= 4 is 20.2 Å². The molecule has 146 valence electrons. The molecule has 0 radical (unpaired) electrons. The van der Waals surface area contributed by atoms with E-state index in [0.717, 1.165) is 25.4 Å². The first kappa shape index (κ1) is 23.7. The molecule has 0 bridgehead atoms. The van der Waals surface area contributed by atoms with E-state index in [1.807, 2.05) is 13.8 Å². The van der Waals surface area contributed by atoms with Gasteiger partial charge < -0.3 is 10.2 Å². The van der Waals surface area contributed by atoms with Crippen molar-refractivity contribution in [2.75, 3.05) is 12.5 Å². The molecule has 0 heterocycles. The Balaban J connectivity index is 5.24. The molecule has 0 saturated carbocycles. The SMILES string of the molecule is CCCC[C@H](OS(C)(=O)=O)[C@@H](O)[C@H](O)[C@H](CCCC)OS(C)(=O)=O. The minimum atomic E-state index is -3.84. The summed E-state index contributed by atoms with van der Waals surface area (Å²) in [5, 5.41) is 20.6. The zero-order valence-electron chi connectivity index (χ0n) is 14.7. The molecule has 8 nitrogen and oxygen atoms in total. The molecular formula is C14H30O8S2. The maximum Gasteiger partial charge on any atom is 0.264 e. The van der Waals surface area contributed by atoms with Crippen LogP contribution in [0.1, 0.15) is 52.4 Å². The minimum Gasteiger partial charge on any atom is -0.388 e. The first-order chi connectivity index (χ1) is 10.9. The van der Waals surface area contributed by atoms with E-state index < -0.39 is 44.7 Å². The number of unbranched alkanes of at least 4 members (excludes halogenated alkanes) is 2. The van der Waals surface area contributed by atoms with Gasteiger partial charge in [-0.25, -0.2) is 0 Å². The van der Waals surface area contributed by atoms with Crippen LogP contribution in [-0.2, 0) is 28.6 Å². The standard InChI is InChI=1S/C14H30O8S2/c1-5-7-9-11(21-23(3,17)18)13(15)14(16)12(10-8-6-2)22-24(4,19)20/h11-16H,5-10H2,1-4H3/t11-,12-,13+,14+/m0/s1. The molecule has 0 unspecified atom stereocenters. The third-order valence-electron chi connectivity index (χ3n) is 3.39. The highest BCUT2D eigenvalue weighted by atomic mass is 32.2. The predicted molar refractivity (Wildman–Crippen MR) is 90.5 cm³/mol. The lowest BCUT2D eigenvalue weighted by Crippen LogP contribution is -2.47. The van der Waals surface area contributed by atoms with Crippen molar-refractivity contribution in [3.63, 3.8) is 0 Å². The van der Waals surface area contributed by atoms with Crippen molar-refractivity contribution in [2.45, 2.75) is 76.8 Å². The molecule has 24 heavy (non-hydrogen) atoms. The zero-order valence-corrected chi connectivity index (χ0v) is 16.3. The third-order valence-corrected chi connectivity index (χ3v) is 4.59. The molecule has 2 N–H and O–H groups in total. The van der Waals surface area contributed by atoms with Gasteiger partial charge in [-0.1, -0.05) is 39.5 Å². The third kappa shape index (κ3) is 10.6. The van der Waals surface area contributed by atoms with E-state index in [1.165, 1.54) is 0 Å². The Bertz CT molecular complexity index is 493. The van der Waals surface area contributed by atoms with Gasteiger partial charge in [-0.05, 0) is 12.8 Å². The summed E-state index contributed by atoms with van der Waals surface area (Å²) in [4.78, 5) is 0. The minimum absolute atomic E-state index is 0.209. The lowest BCUT2D eigenvalue weighted by atomic mass is 9.96. The second kappa shape index (κ2) is 10.7. The number of hydrogen-bond donors (Lipinski definition) is 2. The van der Waals surface area contributed by atoms with E-state index in [0.29, 0.717) is 12.8 Å². The zero-order chi connectivity index (χ0) is 19.0. The normalized spacial score (nSPS) is 18.1.